The highest BCUT2D eigenvalue weighted by Gasteiger charge is 2.35. The average molecular weight is 423 g/mol. The Labute approximate surface area is 156 Å². The van der Waals surface area contributed by atoms with Crippen LogP contribution in [0.25, 0.3) is 0 Å². The van der Waals surface area contributed by atoms with Gasteiger partial charge in [0.05, 0.1) is 30.2 Å². The first-order chi connectivity index (χ1) is 12.9. The second-order valence-electron chi connectivity index (χ2n) is 5.30. The number of methoxy groups -OCH3 is 2. The van der Waals surface area contributed by atoms with Gasteiger partial charge in [0, 0.05) is 6.07 Å². The van der Waals surface area contributed by atoms with Gasteiger partial charge in [-0.1, -0.05) is 0 Å². The Hall–Kier alpha value is -3.02. The average Bonchev–Trinajstić information content (AvgIpc) is 2.60. The summed E-state index contributed by atoms with van der Waals surface area (Å²) >= 11 is 0. The first kappa shape index (κ1) is 21.3. The summed E-state index contributed by atoms with van der Waals surface area (Å²) in [5.74, 6) is -3.42. The molecule has 0 aliphatic heterocycles. The zero-order valence-corrected chi connectivity index (χ0v) is 15.1. The number of aromatic carboxylic acids is 1. The zero-order valence-electron chi connectivity index (χ0n) is 14.3. The van der Waals surface area contributed by atoms with Crippen LogP contribution < -0.4 is 14.2 Å². The van der Waals surface area contributed by atoms with Gasteiger partial charge in [-0.25, -0.2) is 17.6 Å². The number of halogens is 4. The van der Waals surface area contributed by atoms with Crippen molar-refractivity contribution in [1.29, 1.82) is 0 Å². The molecule has 0 fully saturated rings. The SMILES string of the molecule is COc1cc(OC)c(NS(=O)(=O)c2ccc(F)c(C(F)(F)F)c2)c(C(=O)O)c1. The number of hydrogen-bond acceptors (Lipinski definition) is 5. The molecule has 0 aliphatic rings. The van der Waals surface area contributed by atoms with Crippen LogP contribution in [0.4, 0.5) is 23.2 Å². The van der Waals surface area contributed by atoms with Crippen LogP contribution >= 0.6 is 0 Å². The van der Waals surface area contributed by atoms with Gasteiger partial charge in [0.1, 0.15) is 23.0 Å². The fourth-order valence-electron chi connectivity index (χ4n) is 2.23. The fourth-order valence-corrected chi connectivity index (χ4v) is 3.34. The van der Waals surface area contributed by atoms with Crippen LogP contribution in [-0.2, 0) is 16.2 Å². The summed E-state index contributed by atoms with van der Waals surface area (Å²) in [6, 6.07) is 3.24. The predicted molar refractivity (Wildman–Crippen MR) is 88.7 cm³/mol. The molecule has 0 unspecified atom stereocenters. The molecule has 0 saturated heterocycles. The lowest BCUT2D eigenvalue weighted by molar-refractivity contribution is -0.140. The number of carboxylic acid groups (broad SMARTS) is 1. The maximum Gasteiger partial charge on any atom is 0.419 e. The third-order valence-corrected chi connectivity index (χ3v) is 4.90. The highest BCUT2D eigenvalue weighted by atomic mass is 32.2. The molecule has 28 heavy (non-hydrogen) atoms. The van der Waals surface area contributed by atoms with Crippen LogP contribution in [0.1, 0.15) is 15.9 Å². The van der Waals surface area contributed by atoms with E-state index in [2.05, 4.69) is 0 Å². The van der Waals surface area contributed by atoms with Crippen LogP contribution in [0.15, 0.2) is 35.2 Å². The zero-order chi connectivity index (χ0) is 21.3. The first-order valence-corrected chi connectivity index (χ1v) is 8.78. The second-order valence-corrected chi connectivity index (χ2v) is 6.98. The van der Waals surface area contributed by atoms with Gasteiger partial charge in [-0.15, -0.1) is 0 Å². The Kier molecular flexibility index (Phi) is 5.73. The summed E-state index contributed by atoms with van der Waals surface area (Å²) in [7, 11) is -2.36. The summed E-state index contributed by atoms with van der Waals surface area (Å²) < 4.78 is 88.7. The Morgan fingerprint density at radius 1 is 1.11 bits per heavy atom. The molecule has 0 spiro atoms. The van der Waals surface area contributed by atoms with Gasteiger partial charge in [-0.2, -0.15) is 13.2 Å². The molecule has 0 heterocycles. The van der Waals surface area contributed by atoms with Crippen molar-refractivity contribution in [3.63, 3.8) is 0 Å². The van der Waals surface area contributed by atoms with Crippen molar-refractivity contribution in [3.05, 3.63) is 47.3 Å². The van der Waals surface area contributed by atoms with Crippen molar-refractivity contribution in [2.45, 2.75) is 11.1 Å². The molecule has 0 bridgehead atoms. The number of hydrogen-bond donors (Lipinski definition) is 2. The Bertz CT molecular complexity index is 1020. The minimum Gasteiger partial charge on any atom is -0.497 e. The highest BCUT2D eigenvalue weighted by Crippen LogP contribution is 2.37. The Morgan fingerprint density at radius 2 is 1.75 bits per heavy atom. The lowest BCUT2D eigenvalue weighted by Crippen LogP contribution is -2.18. The third kappa shape index (κ3) is 4.27. The van der Waals surface area contributed by atoms with Crippen LogP contribution in [0.3, 0.4) is 0 Å². The van der Waals surface area contributed by atoms with Crippen molar-refractivity contribution in [1.82, 2.24) is 0 Å². The van der Waals surface area contributed by atoms with Gasteiger partial charge >= 0.3 is 12.1 Å². The maximum atomic E-state index is 13.4. The first-order valence-electron chi connectivity index (χ1n) is 7.29. The van der Waals surface area contributed by atoms with E-state index in [-0.39, 0.29) is 17.6 Å². The maximum absolute atomic E-state index is 13.4. The highest BCUT2D eigenvalue weighted by molar-refractivity contribution is 7.92. The predicted octanol–water partition coefficient (Wildman–Crippen LogP) is 3.36. The van der Waals surface area contributed by atoms with Crippen molar-refractivity contribution < 1.29 is 45.4 Å². The summed E-state index contributed by atoms with van der Waals surface area (Å²) in [5, 5.41) is 9.32. The molecule has 12 heteroatoms. The number of rotatable bonds is 6. The van der Waals surface area contributed by atoms with E-state index in [1.807, 2.05) is 4.72 Å². The number of anilines is 1. The minimum atomic E-state index is -5.13. The molecule has 0 aromatic heterocycles. The van der Waals surface area contributed by atoms with E-state index in [9.17, 15) is 35.9 Å². The Morgan fingerprint density at radius 3 is 2.25 bits per heavy atom. The smallest absolute Gasteiger partial charge is 0.419 e. The lowest BCUT2D eigenvalue weighted by atomic mass is 10.1. The molecule has 0 aliphatic carbocycles. The summed E-state index contributed by atoms with van der Waals surface area (Å²) in [5.41, 5.74) is -2.89. The third-order valence-electron chi connectivity index (χ3n) is 3.55. The molecule has 7 nitrogen and oxygen atoms in total. The van der Waals surface area contributed by atoms with Crippen molar-refractivity contribution in [2.24, 2.45) is 0 Å². The minimum absolute atomic E-state index is 0.0401. The van der Waals surface area contributed by atoms with Gasteiger partial charge < -0.3 is 14.6 Å². The van der Waals surface area contributed by atoms with E-state index in [1.165, 1.54) is 13.2 Å². The number of nitrogens with one attached hydrogen (secondary N) is 1. The topological polar surface area (TPSA) is 102 Å². The van der Waals surface area contributed by atoms with Crippen molar-refractivity contribution in [3.8, 4) is 11.5 Å². The molecular weight excluding hydrogens is 410 g/mol. The van der Waals surface area contributed by atoms with Gasteiger partial charge in [-0.3, -0.25) is 4.72 Å². The second kappa shape index (κ2) is 7.54. The number of sulfonamides is 1. The summed E-state index contributed by atoms with van der Waals surface area (Å²) in [6.07, 6.45) is -5.13. The van der Waals surface area contributed by atoms with E-state index in [0.717, 1.165) is 13.2 Å². The molecule has 2 N–H and O–H groups in total. The van der Waals surface area contributed by atoms with Crippen LogP contribution in [0.5, 0.6) is 11.5 Å². The molecule has 0 atom stereocenters. The van der Waals surface area contributed by atoms with Gasteiger partial charge in [-0.05, 0) is 24.3 Å². The molecular formula is C16H13F4NO6S. The number of ether oxygens (including phenoxy) is 2. The normalized spacial score (nSPS) is 11.8. The van der Waals surface area contributed by atoms with E-state index in [1.54, 1.807) is 0 Å². The van der Waals surface area contributed by atoms with Crippen LogP contribution in [-0.4, -0.2) is 33.7 Å². The molecule has 152 valence electrons. The summed E-state index contributed by atoms with van der Waals surface area (Å²) in [4.78, 5) is 10.5. The molecule has 0 saturated carbocycles. The van der Waals surface area contributed by atoms with Gasteiger partial charge in [0.2, 0.25) is 0 Å². The number of carboxylic acids is 1. The number of carbonyl (C=O) groups is 1. The number of benzene rings is 2. The molecule has 0 amide bonds. The standard InChI is InChI=1S/C16H13F4NO6S/c1-26-8-5-10(15(22)23)14(13(6-8)27-2)21-28(24,25)9-3-4-12(17)11(7-9)16(18,19)20/h3-7,21H,1-2H3,(H,22,23). The molecule has 2 aromatic rings. The van der Waals surface area contributed by atoms with Gasteiger partial charge in [0.25, 0.3) is 10.0 Å². The van der Waals surface area contributed by atoms with E-state index in [0.29, 0.717) is 12.1 Å². The van der Waals surface area contributed by atoms with E-state index in [4.69, 9.17) is 9.47 Å². The monoisotopic (exact) mass is 423 g/mol. The van der Waals surface area contributed by atoms with Crippen LogP contribution in [0.2, 0.25) is 0 Å². The van der Waals surface area contributed by atoms with Crippen LogP contribution in [0, 0.1) is 5.82 Å². The number of alkyl halides is 3. The molecule has 2 aromatic carbocycles. The van der Waals surface area contributed by atoms with Gasteiger partial charge in [0.15, 0.2) is 0 Å². The molecule has 2 rings (SSSR count). The van der Waals surface area contributed by atoms with E-state index >= 15 is 0 Å². The quantitative estimate of drug-likeness (QED) is 0.691. The Balaban J connectivity index is 2.61. The molecule has 0 radical (unpaired) electrons. The van der Waals surface area contributed by atoms with E-state index < -0.39 is 49.7 Å². The lowest BCUT2D eigenvalue weighted by Gasteiger charge is -2.16. The van der Waals surface area contributed by atoms with Crippen molar-refractivity contribution >= 4 is 21.7 Å². The summed E-state index contributed by atoms with van der Waals surface area (Å²) in [6.45, 7) is 0. The van der Waals surface area contributed by atoms with Crippen molar-refractivity contribution in [2.75, 3.05) is 18.9 Å². The fraction of sp³-hybridized carbons (Fsp3) is 0.188. The largest absolute Gasteiger partial charge is 0.497 e.